The van der Waals surface area contributed by atoms with Gasteiger partial charge in [-0.1, -0.05) is 18.2 Å². The Kier molecular flexibility index (Phi) is 7.23. The molecule has 2 unspecified atom stereocenters. The molecule has 0 spiro atoms. The van der Waals surface area contributed by atoms with Gasteiger partial charge >= 0.3 is 0 Å². The molecule has 2 aliphatic rings. The summed E-state index contributed by atoms with van der Waals surface area (Å²) >= 11 is 0. The lowest BCUT2D eigenvalue weighted by Gasteiger charge is -2.27. The molecular weight excluding hydrogens is 467 g/mol. The number of aryl methyl sites for hydroxylation is 1. The molecule has 1 saturated heterocycles. The molecule has 0 radical (unpaired) electrons. The van der Waals surface area contributed by atoms with Gasteiger partial charge in [-0.25, -0.2) is 0 Å². The number of para-hydroxylation sites is 1. The van der Waals surface area contributed by atoms with Crippen LogP contribution in [-0.4, -0.2) is 37.1 Å². The second kappa shape index (κ2) is 9.65. The first-order valence-corrected chi connectivity index (χ1v) is 9.79. The van der Waals surface area contributed by atoms with Crippen molar-refractivity contribution in [3.8, 4) is 5.75 Å². The highest BCUT2D eigenvalue weighted by molar-refractivity contribution is 14.0. The molecular formula is C21H29IN4O2. The van der Waals surface area contributed by atoms with E-state index in [9.17, 15) is 0 Å². The lowest BCUT2D eigenvalue weighted by molar-refractivity contribution is 0.219. The predicted octanol–water partition coefficient (Wildman–Crippen LogP) is 3.77. The summed E-state index contributed by atoms with van der Waals surface area (Å²) in [6, 6.07) is 12.5. The van der Waals surface area contributed by atoms with Crippen molar-refractivity contribution in [3.63, 3.8) is 0 Å². The lowest BCUT2D eigenvalue weighted by Crippen LogP contribution is -2.38. The number of guanidine groups is 1. The van der Waals surface area contributed by atoms with Crippen LogP contribution in [0.4, 0.5) is 0 Å². The van der Waals surface area contributed by atoms with E-state index in [1.165, 1.54) is 12.8 Å². The molecule has 0 aliphatic carbocycles. The van der Waals surface area contributed by atoms with E-state index in [1.54, 1.807) is 0 Å². The third-order valence-corrected chi connectivity index (χ3v) is 5.39. The van der Waals surface area contributed by atoms with Crippen LogP contribution in [0.5, 0.6) is 5.75 Å². The van der Waals surface area contributed by atoms with Gasteiger partial charge in [0.15, 0.2) is 5.96 Å². The summed E-state index contributed by atoms with van der Waals surface area (Å²) in [7, 11) is 0. The van der Waals surface area contributed by atoms with E-state index in [-0.39, 0.29) is 36.1 Å². The molecule has 2 atom stereocenters. The summed E-state index contributed by atoms with van der Waals surface area (Å²) in [6.45, 7) is 5.42. The summed E-state index contributed by atoms with van der Waals surface area (Å²) in [4.78, 5) is 7.11. The molecule has 7 heteroatoms. The number of rotatable bonds is 5. The molecule has 0 bridgehead atoms. The monoisotopic (exact) mass is 496 g/mol. The third kappa shape index (κ3) is 4.81. The summed E-state index contributed by atoms with van der Waals surface area (Å²) < 4.78 is 11.6. The number of likely N-dealkylation sites (tertiary alicyclic amines) is 1. The predicted molar refractivity (Wildman–Crippen MR) is 121 cm³/mol. The third-order valence-electron chi connectivity index (χ3n) is 5.39. The number of aliphatic imine (C=N–C) groups is 1. The Labute approximate surface area is 183 Å². The first-order valence-electron chi connectivity index (χ1n) is 9.79. The van der Waals surface area contributed by atoms with E-state index in [0.717, 1.165) is 42.3 Å². The van der Waals surface area contributed by atoms with Crippen LogP contribution >= 0.6 is 24.0 Å². The van der Waals surface area contributed by atoms with E-state index in [2.05, 4.69) is 27.3 Å². The van der Waals surface area contributed by atoms with Crippen molar-refractivity contribution in [2.45, 2.75) is 38.3 Å². The number of hydrogen-bond acceptors (Lipinski definition) is 4. The number of furan rings is 1. The fraction of sp³-hybridized carbons (Fsp3) is 0.476. The average Bonchev–Trinajstić information content (AvgIpc) is 3.35. The normalized spacial score (nSPS) is 20.8. The quantitative estimate of drug-likeness (QED) is 0.375. The van der Waals surface area contributed by atoms with Crippen molar-refractivity contribution in [2.75, 3.05) is 26.2 Å². The van der Waals surface area contributed by atoms with E-state index in [0.29, 0.717) is 19.1 Å². The van der Waals surface area contributed by atoms with Gasteiger partial charge < -0.3 is 20.2 Å². The van der Waals surface area contributed by atoms with Gasteiger partial charge in [0.05, 0.1) is 25.2 Å². The van der Waals surface area contributed by atoms with Crippen LogP contribution in [0.1, 0.15) is 48.4 Å². The Morgan fingerprint density at radius 2 is 2.04 bits per heavy atom. The maximum absolute atomic E-state index is 6.24. The highest BCUT2D eigenvalue weighted by atomic mass is 127. The molecule has 6 nitrogen and oxygen atoms in total. The van der Waals surface area contributed by atoms with Gasteiger partial charge in [0, 0.05) is 12.0 Å². The second-order valence-corrected chi connectivity index (χ2v) is 7.31. The van der Waals surface area contributed by atoms with Crippen molar-refractivity contribution >= 4 is 29.9 Å². The Morgan fingerprint density at radius 3 is 2.79 bits per heavy atom. The number of hydrogen-bond donors (Lipinski definition) is 2. The van der Waals surface area contributed by atoms with Crippen molar-refractivity contribution < 1.29 is 9.15 Å². The van der Waals surface area contributed by atoms with Crippen LogP contribution in [0.15, 0.2) is 45.8 Å². The zero-order valence-corrected chi connectivity index (χ0v) is 18.6. The van der Waals surface area contributed by atoms with Gasteiger partial charge in [-0.2, -0.15) is 0 Å². The Balaban J connectivity index is 0.00000225. The fourth-order valence-corrected chi connectivity index (χ4v) is 3.97. The van der Waals surface area contributed by atoms with Crippen LogP contribution in [0.3, 0.4) is 0 Å². The summed E-state index contributed by atoms with van der Waals surface area (Å²) in [6.07, 6.45) is 3.33. The fourth-order valence-electron chi connectivity index (χ4n) is 3.97. The van der Waals surface area contributed by atoms with Gasteiger partial charge in [-0.15, -0.1) is 24.0 Å². The SMILES string of the molecule is Cc1ccc(C(CN=C(N)NC2CCOc3ccccc32)N2CCCC2)o1.I. The van der Waals surface area contributed by atoms with E-state index < -0.39 is 0 Å². The summed E-state index contributed by atoms with van der Waals surface area (Å²) in [5.41, 5.74) is 7.38. The molecule has 2 aliphatic heterocycles. The molecule has 28 heavy (non-hydrogen) atoms. The number of nitrogens with two attached hydrogens (primary N) is 1. The highest BCUT2D eigenvalue weighted by Crippen LogP contribution is 2.31. The Hall–Kier alpha value is -1.74. The van der Waals surface area contributed by atoms with E-state index in [4.69, 9.17) is 14.9 Å². The maximum atomic E-state index is 6.24. The topological polar surface area (TPSA) is 76.0 Å². The molecule has 152 valence electrons. The Bertz CT molecular complexity index is 801. The van der Waals surface area contributed by atoms with Crippen LogP contribution in [0.2, 0.25) is 0 Å². The minimum atomic E-state index is 0. The molecule has 1 aromatic heterocycles. The molecule has 0 saturated carbocycles. The van der Waals surface area contributed by atoms with Gasteiger partial charge in [0.1, 0.15) is 17.3 Å². The highest BCUT2D eigenvalue weighted by Gasteiger charge is 2.26. The van der Waals surface area contributed by atoms with Gasteiger partial charge in [-0.05, 0) is 51.1 Å². The molecule has 4 rings (SSSR count). The number of benzene rings is 1. The zero-order valence-electron chi connectivity index (χ0n) is 16.3. The molecule has 1 aromatic carbocycles. The maximum Gasteiger partial charge on any atom is 0.189 e. The van der Waals surface area contributed by atoms with E-state index >= 15 is 0 Å². The van der Waals surface area contributed by atoms with Gasteiger partial charge in [-0.3, -0.25) is 9.89 Å². The number of ether oxygens (including phenoxy) is 1. The minimum Gasteiger partial charge on any atom is -0.493 e. The van der Waals surface area contributed by atoms with Crippen LogP contribution in [-0.2, 0) is 0 Å². The van der Waals surface area contributed by atoms with Crippen LogP contribution in [0.25, 0.3) is 0 Å². The summed E-state index contributed by atoms with van der Waals surface area (Å²) in [5.74, 6) is 3.31. The lowest BCUT2D eigenvalue weighted by atomic mass is 10.0. The number of halogens is 1. The largest absolute Gasteiger partial charge is 0.493 e. The van der Waals surface area contributed by atoms with Crippen molar-refractivity contribution in [2.24, 2.45) is 10.7 Å². The molecule has 2 aromatic rings. The minimum absolute atomic E-state index is 0. The van der Waals surface area contributed by atoms with Crippen LogP contribution < -0.4 is 15.8 Å². The first kappa shape index (κ1) is 21.0. The van der Waals surface area contributed by atoms with Crippen molar-refractivity contribution in [3.05, 3.63) is 53.5 Å². The number of fused-ring (bicyclic) bond motifs is 1. The molecule has 3 N–H and O–H groups in total. The van der Waals surface area contributed by atoms with Gasteiger partial charge in [0.25, 0.3) is 0 Å². The number of nitrogens with zero attached hydrogens (tertiary/aromatic N) is 2. The summed E-state index contributed by atoms with van der Waals surface area (Å²) in [5, 5.41) is 3.38. The van der Waals surface area contributed by atoms with Gasteiger partial charge in [0.2, 0.25) is 0 Å². The zero-order chi connectivity index (χ0) is 18.6. The van der Waals surface area contributed by atoms with E-state index in [1.807, 2.05) is 31.2 Å². The van der Waals surface area contributed by atoms with Crippen molar-refractivity contribution in [1.82, 2.24) is 10.2 Å². The molecule has 0 amide bonds. The number of nitrogens with one attached hydrogen (secondary N) is 1. The molecule has 3 heterocycles. The Morgan fingerprint density at radius 1 is 1.25 bits per heavy atom. The smallest absolute Gasteiger partial charge is 0.189 e. The second-order valence-electron chi connectivity index (χ2n) is 7.31. The standard InChI is InChI=1S/C21H28N4O2.HI/c1-15-8-9-20(27-15)18(25-11-4-5-12-25)14-23-21(22)24-17-10-13-26-19-7-3-2-6-16(17)19;/h2-3,6-9,17-18H,4-5,10-14H2,1H3,(H3,22,23,24);1H. The average molecular weight is 496 g/mol. The first-order chi connectivity index (χ1) is 13.2. The van der Waals surface area contributed by atoms with Crippen molar-refractivity contribution in [1.29, 1.82) is 0 Å². The molecule has 1 fully saturated rings. The van der Waals surface area contributed by atoms with Crippen LogP contribution in [0, 0.1) is 6.92 Å².